The van der Waals surface area contributed by atoms with Crippen LogP contribution in [-0.4, -0.2) is 36.0 Å². The lowest BCUT2D eigenvalue weighted by Gasteiger charge is -2.48. The molecule has 40 heavy (non-hydrogen) atoms. The molecule has 0 atom stereocenters. The highest BCUT2D eigenvalue weighted by molar-refractivity contribution is 9.11. The number of Topliss-reactive ketones (excluding diaryl/α,β-unsaturated/α-hetero) is 2. The Kier molecular flexibility index (Phi) is 7.64. The summed E-state index contributed by atoms with van der Waals surface area (Å²) in [6.45, 7) is 8.34. The fourth-order valence-corrected chi connectivity index (χ4v) is 7.69. The number of carbonyl (C=O) groups is 3. The first-order valence-corrected chi connectivity index (χ1v) is 15.1. The van der Waals surface area contributed by atoms with Gasteiger partial charge in [0.15, 0.2) is 18.2 Å². The molecule has 0 spiro atoms. The van der Waals surface area contributed by atoms with Gasteiger partial charge in [0, 0.05) is 54.0 Å². The van der Waals surface area contributed by atoms with Gasteiger partial charge in [0.25, 0.3) is 5.91 Å². The number of hydrogen-bond acceptors (Lipinski definition) is 5. The fourth-order valence-electron chi connectivity index (χ4n) is 6.24. The molecule has 2 aliphatic carbocycles. The number of benzene rings is 2. The molecular formula is C32H34Br2N2O4. The van der Waals surface area contributed by atoms with Crippen LogP contribution in [-0.2, 0) is 14.4 Å². The quantitative estimate of drug-likeness (QED) is 0.356. The van der Waals surface area contributed by atoms with E-state index in [-0.39, 0.29) is 34.9 Å². The van der Waals surface area contributed by atoms with Crippen molar-refractivity contribution in [3.63, 3.8) is 0 Å². The van der Waals surface area contributed by atoms with E-state index in [1.54, 1.807) is 0 Å². The zero-order chi connectivity index (χ0) is 29.0. The average molecular weight is 670 g/mol. The molecule has 6 nitrogen and oxygen atoms in total. The van der Waals surface area contributed by atoms with Gasteiger partial charge in [-0.05, 0) is 85.4 Å². The molecule has 2 aromatic carbocycles. The summed E-state index contributed by atoms with van der Waals surface area (Å²) < 4.78 is 7.18. The van der Waals surface area contributed by atoms with E-state index in [1.807, 2.05) is 49.5 Å². The summed E-state index contributed by atoms with van der Waals surface area (Å²) in [6.07, 6.45) is 2.43. The van der Waals surface area contributed by atoms with Gasteiger partial charge in [0.05, 0.1) is 8.95 Å². The van der Waals surface area contributed by atoms with Gasteiger partial charge in [-0.1, -0.05) is 45.9 Å². The van der Waals surface area contributed by atoms with E-state index in [1.165, 1.54) is 0 Å². The second-order valence-corrected chi connectivity index (χ2v) is 14.3. The topological polar surface area (TPSA) is 75.7 Å². The van der Waals surface area contributed by atoms with Crippen LogP contribution in [0.25, 0.3) is 0 Å². The van der Waals surface area contributed by atoms with Crippen LogP contribution >= 0.6 is 31.9 Å². The van der Waals surface area contributed by atoms with Crippen LogP contribution < -0.4 is 10.1 Å². The Balaban J connectivity index is 1.52. The van der Waals surface area contributed by atoms with E-state index in [4.69, 9.17) is 4.74 Å². The molecule has 0 saturated carbocycles. The van der Waals surface area contributed by atoms with Crippen LogP contribution in [0.1, 0.15) is 64.9 Å². The molecule has 210 valence electrons. The van der Waals surface area contributed by atoms with E-state index in [2.05, 4.69) is 69.8 Å². The summed E-state index contributed by atoms with van der Waals surface area (Å²) in [7, 11) is 2.01. The molecule has 0 radical (unpaired) electrons. The van der Waals surface area contributed by atoms with Crippen LogP contribution in [0.5, 0.6) is 5.75 Å². The largest absolute Gasteiger partial charge is 0.481 e. The Morgan fingerprint density at radius 3 is 1.90 bits per heavy atom. The first-order chi connectivity index (χ1) is 18.8. The van der Waals surface area contributed by atoms with Crippen LogP contribution in [0.4, 0.5) is 5.69 Å². The van der Waals surface area contributed by atoms with Gasteiger partial charge >= 0.3 is 0 Å². The molecule has 3 aliphatic rings. The number of nitrogens with zero attached hydrogens (tertiary/aromatic N) is 1. The molecule has 2 aromatic rings. The van der Waals surface area contributed by atoms with E-state index < -0.39 is 5.92 Å². The van der Waals surface area contributed by atoms with Gasteiger partial charge < -0.3 is 15.0 Å². The lowest BCUT2D eigenvalue weighted by Crippen LogP contribution is -2.43. The lowest BCUT2D eigenvalue weighted by atomic mass is 9.64. The van der Waals surface area contributed by atoms with Gasteiger partial charge in [0.1, 0.15) is 5.75 Å². The number of carbonyl (C=O) groups excluding carboxylic acids is 3. The Morgan fingerprint density at radius 1 is 0.900 bits per heavy atom. The normalized spacial score (nSPS) is 20.3. The van der Waals surface area contributed by atoms with Gasteiger partial charge in [-0.25, -0.2) is 0 Å². The number of allylic oxidation sites excluding steroid dienone is 4. The van der Waals surface area contributed by atoms with Crippen molar-refractivity contribution in [3.8, 4) is 5.75 Å². The monoisotopic (exact) mass is 668 g/mol. The number of ether oxygens (including phenoxy) is 1. The van der Waals surface area contributed by atoms with E-state index in [0.29, 0.717) is 33.2 Å². The maximum absolute atomic E-state index is 13.7. The highest BCUT2D eigenvalue weighted by Crippen LogP contribution is 2.54. The molecule has 0 bridgehead atoms. The van der Waals surface area contributed by atoms with Crippen molar-refractivity contribution in [3.05, 3.63) is 79.5 Å². The summed E-state index contributed by atoms with van der Waals surface area (Å²) in [4.78, 5) is 42.1. The summed E-state index contributed by atoms with van der Waals surface area (Å²) in [5, 5.41) is 2.82. The lowest BCUT2D eigenvalue weighted by molar-refractivity contribution is -0.120. The Labute approximate surface area is 252 Å². The molecule has 1 N–H and O–H groups in total. The first kappa shape index (κ1) is 28.8. The van der Waals surface area contributed by atoms with Gasteiger partial charge in [-0.15, -0.1) is 0 Å². The third-order valence-electron chi connectivity index (χ3n) is 7.94. The first-order valence-electron chi connectivity index (χ1n) is 13.5. The van der Waals surface area contributed by atoms with Crippen molar-refractivity contribution >= 4 is 55.0 Å². The summed E-state index contributed by atoms with van der Waals surface area (Å²) in [5.74, 6) is -0.0540. The van der Waals surface area contributed by atoms with Gasteiger partial charge in [0.2, 0.25) is 0 Å². The third kappa shape index (κ3) is 5.57. The van der Waals surface area contributed by atoms with Crippen molar-refractivity contribution in [2.45, 2.75) is 59.3 Å². The SMILES string of the molecule is CN1C2=C(C(=O)CC(C)(C)C2)C(c2cc(Br)c(OCC(=O)Nc3ccccc3)c(Br)c2)C2=C1CC(C)(C)CC2=O. The van der Waals surface area contributed by atoms with Gasteiger partial charge in [-0.3, -0.25) is 14.4 Å². The van der Waals surface area contributed by atoms with Crippen LogP contribution in [0.3, 0.4) is 0 Å². The number of ketones is 2. The minimum absolute atomic E-state index is 0.0949. The standard InChI is InChI=1S/C32H34Br2N2O4/c1-31(2)13-22-28(24(37)15-31)27(29-23(36(22)5)14-32(3,4)16-25(29)38)18-11-20(33)30(21(34)12-18)40-17-26(39)35-19-9-7-6-8-10-19/h6-12,27H,13-17H2,1-5H3,(H,35,39). The number of halogens is 2. The van der Waals surface area contributed by atoms with Gasteiger partial charge in [-0.2, -0.15) is 0 Å². The number of hydrogen-bond donors (Lipinski definition) is 1. The van der Waals surface area contributed by atoms with Crippen molar-refractivity contribution in [2.24, 2.45) is 10.8 Å². The second kappa shape index (κ2) is 10.6. The molecule has 1 aliphatic heterocycles. The number of amides is 1. The van der Waals surface area contributed by atoms with Crippen LogP contribution in [0.2, 0.25) is 0 Å². The van der Waals surface area contributed by atoms with Crippen LogP contribution in [0, 0.1) is 10.8 Å². The summed E-state index contributed by atoms with van der Waals surface area (Å²) in [6, 6.07) is 13.0. The highest BCUT2D eigenvalue weighted by atomic mass is 79.9. The number of para-hydroxylation sites is 1. The molecule has 1 amide bonds. The van der Waals surface area contributed by atoms with Crippen molar-refractivity contribution in [1.29, 1.82) is 0 Å². The molecule has 0 fully saturated rings. The van der Waals surface area contributed by atoms with Crippen molar-refractivity contribution in [1.82, 2.24) is 4.90 Å². The molecular weight excluding hydrogens is 636 g/mol. The zero-order valence-electron chi connectivity index (χ0n) is 23.5. The maximum Gasteiger partial charge on any atom is 0.262 e. The number of rotatable bonds is 5. The Morgan fingerprint density at radius 2 is 1.40 bits per heavy atom. The fraction of sp³-hybridized carbons (Fsp3) is 0.406. The number of anilines is 1. The number of nitrogens with one attached hydrogen (secondary N) is 1. The van der Waals surface area contributed by atoms with Crippen LogP contribution in [0.15, 0.2) is 74.0 Å². The molecule has 0 saturated heterocycles. The smallest absolute Gasteiger partial charge is 0.262 e. The summed E-state index contributed by atoms with van der Waals surface area (Å²) >= 11 is 7.27. The minimum atomic E-state index is -0.448. The van der Waals surface area contributed by atoms with Crippen molar-refractivity contribution in [2.75, 3.05) is 19.0 Å². The second-order valence-electron chi connectivity index (χ2n) is 12.6. The molecule has 5 rings (SSSR count). The minimum Gasteiger partial charge on any atom is -0.481 e. The maximum atomic E-state index is 13.7. The predicted octanol–water partition coefficient (Wildman–Crippen LogP) is 7.54. The highest BCUT2D eigenvalue weighted by Gasteiger charge is 2.48. The Bertz CT molecular complexity index is 1400. The molecule has 0 aromatic heterocycles. The van der Waals surface area contributed by atoms with E-state index in [9.17, 15) is 14.4 Å². The summed E-state index contributed by atoms with van der Waals surface area (Å²) in [5.41, 5.74) is 4.71. The van der Waals surface area contributed by atoms with E-state index >= 15 is 0 Å². The molecule has 8 heteroatoms. The predicted molar refractivity (Wildman–Crippen MR) is 163 cm³/mol. The molecule has 0 unspecified atom stereocenters. The average Bonchev–Trinajstić information content (AvgIpc) is 2.84. The van der Waals surface area contributed by atoms with Crippen molar-refractivity contribution < 1.29 is 19.1 Å². The molecule has 1 heterocycles. The zero-order valence-corrected chi connectivity index (χ0v) is 26.7. The van der Waals surface area contributed by atoms with E-state index in [0.717, 1.165) is 40.9 Å². The Hall–Kier alpha value is -2.71. The third-order valence-corrected chi connectivity index (χ3v) is 9.12.